The third-order valence-electron chi connectivity index (χ3n) is 3.48. The molecule has 0 aliphatic carbocycles. The van der Waals surface area contributed by atoms with E-state index < -0.39 is 4.92 Å². The average Bonchev–Trinajstić information content (AvgIpc) is 2.87. The SMILES string of the molecule is Cc1ccc(C(=O)N2CCC(CO)C2)cc1[N+](=O)[O-]. The van der Waals surface area contributed by atoms with E-state index in [1.807, 2.05) is 0 Å². The summed E-state index contributed by atoms with van der Waals surface area (Å²) in [6, 6.07) is 4.52. The number of amides is 1. The summed E-state index contributed by atoms with van der Waals surface area (Å²) in [5.41, 5.74) is 0.829. The number of carbonyl (C=O) groups excluding carboxylic acids is 1. The van der Waals surface area contributed by atoms with Gasteiger partial charge in [0.15, 0.2) is 0 Å². The number of nitro groups is 1. The van der Waals surface area contributed by atoms with Gasteiger partial charge in [-0.05, 0) is 19.4 Å². The first-order valence-corrected chi connectivity index (χ1v) is 6.18. The van der Waals surface area contributed by atoms with Crippen LogP contribution in [0.2, 0.25) is 0 Å². The Labute approximate surface area is 110 Å². The Morgan fingerprint density at radius 2 is 2.32 bits per heavy atom. The fourth-order valence-electron chi connectivity index (χ4n) is 2.29. The molecule has 1 saturated heterocycles. The zero-order valence-corrected chi connectivity index (χ0v) is 10.7. The van der Waals surface area contributed by atoms with Crippen LogP contribution in [0.25, 0.3) is 0 Å². The highest BCUT2D eigenvalue weighted by Gasteiger charge is 2.27. The molecule has 0 spiro atoms. The maximum atomic E-state index is 12.2. The van der Waals surface area contributed by atoms with E-state index in [-0.39, 0.29) is 24.1 Å². The number of rotatable bonds is 3. The Hall–Kier alpha value is -1.95. The van der Waals surface area contributed by atoms with Crippen LogP contribution >= 0.6 is 0 Å². The van der Waals surface area contributed by atoms with Crippen LogP contribution in [0.15, 0.2) is 18.2 Å². The zero-order chi connectivity index (χ0) is 14.0. The summed E-state index contributed by atoms with van der Waals surface area (Å²) in [7, 11) is 0. The van der Waals surface area contributed by atoms with Crippen molar-refractivity contribution < 1.29 is 14.8 Å². The smallest absolute Gasteiger partial charge is 0.273 e. The lowest BCUT2D eigenvalue weighted by Crippen LogP contribution is -2.29. The molecule has 1 aliphatic heterocycles. The molecule has 0 bridgehead atoms. The largest absolute Gasteiger partial charge is 0.396 e. The van der Waals surface area contributed by atoms with Gasteiger partial charge < -0.3 is 10.0 Å². The molecule has 0 radical (unpaired) electrons. The molecule has 1 N–H and O–H groups in total. The number of nitrogens with zero attached hydrogens (tertiary/aromatic N) is 2. The van der Waals surface area contributed by atoms with Crippen molar-refractivity contribution in [2.75, 3.05) is 19.7 Å². The van der Waals surface area contributed by atoms with Crippen molar-refractivity contribution in [2.45, 2.75) is 13.3 Å². The van der Waals surface area contributed by atoms with E-state index in [0.29, 0.717) is 24.2 Å². The number of nitro benzene ring substituents is 1. The molecule has 0 saturated carbocycles. The normalized spacial score (nSPS) is 18.6. The summed E-state index contributed by atoms with van der Waals surface area (Å²) in [5.74, 6) is -0.0940. The third kappa shape index (κ3) is 2.73. The lowest BCUT2D eigenvalue weighted by molar-refractivity contribution is -0.385. The second-order valence-electron chi connectivity index (χ2n) is 4.85. The highest BCUT2D eigenvalue weighted by atomic mass is 16.6. The molecule has 6 heteroatoms. The second-order valence-corrected chi connectivity index (χ2v) is 4.85. The maximum absolute atomic E-state index is 12.2. The molecular weight excluding hydrogens is 248 g/mol. The monoisotopic (exact) mass is 264 g/mol. The van der Waals surface area contributed by atoms with Crippen LogP contribution in [0.1, 0.15) is 22.3 Å². The van der Waals surface area contributed by atoms with Gasteiger partial charge in [-0.25, -0.2) is 0 Å². The van der Waals surface area contributed by atoms with Gasteiger partial charge in [0.05, 0.1) is 4.92 Å². The summed E-state index contributed by atoms with van der Waals surface area (Å²) in [5, 5.41) is 19.9. The van der Waals surface area contributed by atoms with Crippen molar-refractivity contribution in [3.8, 4) is 0 Å². The van der Waals surface area contributed by atoms with Crippen molar-refractivity contribution in [3.05, 3.63) is 39.4 Å². The molecule has 19 heavy (non-hydrogen) atoms. The lowest BCUT2D eigenvalue weighted by atomic mass is 10.1. The predicted octanol–water partition coefficient (Wildman–Crippen LogP) is 1.36. The molecule has 6 nitrogen and oxygen atoms in total. The van der Waals surface area contributed by atoms with E-state index in [1.165, 1.54) is 6.07 Å². The summed E-state index contributed by atoms with van der Waals surface area (Å²) in [6.07, 6.45) is 0.774. The Morgan fingerprint density at radius 3 is 2.89 bits per heavy atom. The third-order valence-corrected chi connectivity index (χ3v) is 3.48. The van der Waals surface area contributed by atoms with Crippen molar-refractivity contribution in [2.24, 2.45) is 5.92 Å². The summed E-state index contributed by atoms with van der Waals surface area (Å²) in [6.45, 7) is 2.81. The van der Waals surface area contributed by atoms with Crippen LogP contribution in [-0.2, 0) is 0 Å². The first-order chi connectivity index (χ1) is 9.02. The minimum atomic E-state index is -0.480. The molecular formula is C13H16N2O4. The number of hydrogen-bond donors (Lipinski definition) is 1. The number of likely N-dealkylation sites (tertiary alicyclic amines) is 1. The van der Waals surface area contributed by atoms with Gasteiger partial charge in [-0.2, -0.15) is 0 Å². The van der Waals surface area contributed by atoms with Crippen LogP contribution in [-0.4, -0.2) is 40.5 Å². The standard InChI is InChI=1S/C13H16N2O4/c1-9-2-3-11(6-12(9)15(18)19)13(17)14-5-4-10(7-14)8-16/h2-3,6,10,16H,4-5,7-8H2,1H3. The summed E-state index contributed by atoms with van der Waals surface area (Å²) < 4.78 is 0. The Morgan fingerprint density at radius 1 is 1.58 bits per heavy atom. The van der Waals surface area contributed by atoms with E-state index in [4.69, 9.17) is 5.11 Å². The zero-order valence-electron chi connectivity index (χ0n) is 10.7. The van der Waals surface area contributed by atoms with Crippen LogP contribution in [0, 0.1) is 23.0 Å². The number of carbonyl (C=O) groups is 1. The molecule has 1 unspecified atom stereocenters. The van der Waals surface area contributed by atoms with E-state index >= 15 is 0 Å². The second kappa shape index (κ2) is 5.36. The number of aliphatic hydroxyl groups is 1. The molecule has 1 amide bonds. The quantitative estimate of drug-likeness (QED) is 0.660. The van der Waals surface area contributed by atoms with Crippen LogP contribution in [0.3, 0.4) is 0 Å². The fourth-order valence-corrected chi connectivity index (χ4v) is 2.29. The molecule has 1 heterocycles. The molecule has 1 aromatic rings. The molecule has 2 rings (SSSR count). The van der Waals surface area contributed by atoms with Crippen molar-refractivity contribution in [1.29, 1.82) is 0 Å². The van der Waals surface area contributed by atoms with Crippen molar-refractivity contribution in [1.82, 2.24) is 4.90 Å². The number of hydrogen-bond acceptors (Lipinski definition) is 4. The van der Waals surface area contributed by atoms with E-state index in [2.05, 4.69) is 0 Å². The Bertz CT molecular complexity index is 515. The minimum absolute atomic E-state index is 0.0382. The predicted molar refractivity (Wildman–Crippen MR) is 68.9 cm³/mol. The number of aliphatic hydroxyl groups excluding tert-OH is 1. The lowest BCUT2D eigenvalue weighted by Gasteiger charge is -2.16. The van der Waals surface area contributed by atoms with Gasteiger partial charge in [0, 0.05) is 42.8 Å². The molecule has 1 aliphatic rings. The summed E-state index contributed by atoms with van der Waals surface area (Å²) in [4.78, 5) is 24.2. The topological polar surface area (TPSA) is 83.7 Å². The molecule has 1 fully saturated rings. The van der Waals surface area contributed by atoms with E-state index in [9.17, 15) is 14.9 Å². The number of benzene rings is 1. The Balaban J connectivity index is 2.20. The fraction of sp³-hybridized carbons (Fsp3) is 0.462. The van der Waals surface area contributed by atoms with Crippen molar-refractivity contribution in [3.63, 3.8) is 0 Å². The van der Waals surface area contributed by atoms with Gasteiger partial charge in [0.25, 0.3) is 11.6 Å². The van der Waals surface area contributed by atoms with Gasteiger partial charge in [-0.1, -0.05) is 6.07 Å². The first-order valence-electron chi connectivity index (χ1n) is 6.18. The molecule has 1 aromatic carbocycles. The molecule has 1 atom stereocenters. The first kappa shape index (κ1) is 13.5. The summed E-state index contributed by atoms with van der Waals surface area (Å²) >= 11 is 0. The van der Waals surface area contributed by atoms with E-state index in [1.54, 1.807) is 24.0 Å². The van der Waals surface area contributed by atoms with Crippen molar-refractivity contribution >= 4 is 11.6 Å². The molecule has 0 aromatic heterocycles. The van der Waals surface area contributed by atoms with E-state index in [0.717, 1.165) is 6.42 Å². The average molecular weight is 264 g/mol. The van der Waals surface area contributed by atoms with Crippen LogP contribution in [0.5, 0.6) is 0 Å². The van der Waals surface area contributed by atoms with Gasteiger partial charge in [-0.15, -0.1) is 0 Å². The maximum Gasteiger partial charge on any atom is 0.273 e. The van der Waals surface area contributed by atoms with Crippen LogP contribution < -0.4 is 0 Å². The van der Waals surface area contributed by atoms with Crippen LogP contribution in [0.4, 0.5) is 5.69 Å². The highest BCUT2D eigenvalue weighted by molar-refractivity contribution is 5.95. The highest BCUT2D eigenvalue weighted by Crippen LogP contribution is 2.23. The van der Waals surface area contributed by atoms with Gasteiger partial charge in [0.2, 0.25) is 0 Å². The Kier molecular flexibility index (Phi) is 3.80. The van der Waals surface area contributed by atoms with Gasteiger partial charge in [-0.3, -0.25) is 14.9 Å². The molecule has 102 valence electrons. The van der Waals surface area contributed by atoms with Gasteiger partial charge >= 0.3 is 0 Å². The minimum Gasteiger partial charge on any atom is -0.396 e. The number of aryl methyl sites for hydroxylation is 1. The van der Waals surface area contributed by atoms with Gasteiger partial charge in [0.1, 0.15) is 0 Å².